The molecule has 1 aromatic carbocycles. The molecular formula is C14H19FO2. The minimum absolute atomic E-state index is 0.00880. The lowest BCUT2D eigenvalue weighted by molar-refractivity contribution is -0.108. The van der Waals surface area contributed by atoms with Crippen molar-refractivity contribution in [2.45, 2.75) is 39.0 Å². The Labute approximate surface area is 102 Å². The molecule has 0 bridgehead atoms. The first kappa shape index (κ1) is 13.7. The van der Waals surface area contributed by atoms with Crippen LogP contribution in [0.2, 0.25) is 0 Å². The molecule has 2 nitrogen and oxygen atoms in total. The first-order valence-electron chi connectivity index (χ1n) is 5.82. The third kappa shape index (κ3) is 3.05. The van der Waals surface area contributed by atoms with Crippen LogP contribution in [0.5, 0.6) is 5.75 Å². The van der Waals surface area contributed by atoms with Crippen LogP contribution >= 0.6 is 0 Å². The second kappa shape index (κ2) is 5.80. The number of carbonyl (C=O) groups is 1. The molecule has 0 radical (unpaired) electrons. The van der Waals surface area contributed by atoms with Crippen molar-refractivity contribution in [2.24, 2.45) is 0 Å². The second-order valence-electron chi connectivity index (χ2n) is 4.57. The molecule has 1 unspecified atom stereocenters. The summed E-state index contributed by atoms with van der Waals surface area (Å²) in [4.78, 5) is 10.6. The lowest BCUT2D eigenvalue weighted by atomic mass is 9.87. The van der Waals surface area contributed by atoms with Gasteiger partial charge in [0.1, 0.15) is 17.9 Å². The molecule has 94 valence electrons. The lowest BCUT2D eigenvalue weighted by Crippen LogP contribution is -2.05. The van der Waals surface area contributed by atoms with E-state index in [0.29, 0.717) is 12.2 Å². The maximum atomic E-state index is 13.5. The highest BCUT2D eigenvalue weighted by Crippen LogP contribution is 2.35. The molecule has 0 saturated heterocycles. The highest BCUT2D eigenvalue weighted by atomic mass is 19.1. The Morgan fingerprint density at radius 1 is 1.35 bits per heavy atom. The fourth-order valence-corrected chi connectivity index (χ4v) is 2.08. The number of rotatable bonds is 5. The quantitative estimate of drug-likeness (QED) is 0.732. The van der Waals surface area contributed by atoms with Crippen LogP contribution in [0, 0.1) is 5.82 Å². The van der Waals surface area contributed by atoms with E-state index in [2.05, 4.69) is 0 Å². The standard InChI is InChI=1S/C14H19FO2/c1-9(2)14-12(10(3)5-6-16)7-11(15)8-13(14)17-4/h6-10H,5H2,1-4H3. The van der Waals surface area contributed by atoms with Gasteiger partial charge in [0.05, 0.1) is 7.11 Å². The van der Waals surface area contributed by atoms with Crippen molar-refractivity contribution in [1.29, 1.82) is 0 Å². The van der Waals surface area contributed by atoms with Crippen LogP contribution in [-0.2, 0) is 4.79 Å². The molecule has 17 heavy (non-hydrogen) atoms. The van der Waals surface area contributed by atoms with Crippen molar-refractivity contribution in [3.63, 3.8) is 0 Å². The van der Waals surface area contributed by atoms with E-state index in [0.717, 1.165) is 17.4 Å². The molecule has 3 heteroatoms. The molecule has 0 heterocycles. The number of halogens is 1. The second-order valence-corrected chi connectivity index (χ2v) is 4.57. The first-order valence-corrected chi connectivity index (χ1v) is 5.82. The Balaban J connectivity index is 3.34. The average Bonchev–Trinajstić information content (AvgIpc) is 2.27. The Morgan fingerprint density at radius 2 is 2.00 bits per heavy atom. The molecule has 0 aliphatic carbocycles. The molecular weight excluding hydrogens is 219 g/mol. The monoisotopic (exact) mass is 238 g/mol. The summed E-state index contributed by atoms with van der Waals surface area (Å²) in [5.74, 6) is 0.482. The Hall–Kier alpha value is -1.38. The number of carbonyl (C=O) groups excluding carboxylic acids is 1. The van der Waals surface area contributed by atoms with E-state index in [9.17, 15) is 9.18 Å². The smallest absolute Gasteiger partial charge is 0.127 e. The molecule has 1 aromatic rings. The van der Waals surface area contributed by atoms with E-state index in [1.165, 1.54) is 19.2 Å². The summed E-state index contributed by atoms with van der Waals surface area (Å²) in [6, 6.07) is 2.90. The maximum Gasteiger partial charge on any atom is 0.127 e. The highest BCUT2D eigenvalue weighted by Gasteiger charge is 2.18. The van der Waals surface area contributed by atoms with Gasteiger partial charge >= 0.3 is 0 Å². The van der Waals surface area contributed by atoms with Crippen LogP contribution in [0.4, 0.5) is 4.39 Å². The molecule has 0 aromatic heterocycles. The molecule has 0 aliphatic rings. The van der Waals surface area contributed by atoms with Gasteiger partial charge in [-0.3, -0.25) is 0 Å². The molecule has 0 fully saturated rings. The van der Waals surface area contributed by atoms with Crippen LogP contribution in [0.15, 0.2) is 12.1 Å². The van der Waals surface area contributed by atoms with Gasteiger partial charge in [0, 0.05) is 18.1 Å². The third-order valence-electron chi connectivity index (χ3n) is 2.92. The van der Waals surface area contributed by atoms with Crippen molar-refractivity contribution in [1.82, 2.24) is 0 Å². The summed E-state index contributed by atoms with van der Waals surface area (Å²) >= 11 is 0. The van der Waals surface area contributed by atoms with E-state index >= 15 is 0 Å². The van der Waals surface area contributed by atoms with E-state index in [1.807, 2.05) is 20.8 Å². The zero-order valence-electron chi connectivity index (χ0n) is 10.8. The van der Waals surface area contributed by atoms with E-state index < -0.39 is 0 Å². The van der Waals surface area contributed by atoms with E-state index in [1.54, 1.807) is 0 Å². The minimum atomic E-state index is -0.320. The van der Waals surface area contributed by atoms with Crippen molar-refractivity contribution in [3.05, 3.63) is 29.1 Å². The van der Waals surface area contributed by atoms with Crippen LogP contribution in [-0.4, -0.2) is 13.4 Å². The first-order chi connectivity index (χ1) is 8.01. The van der Waals surface area contributed by atoms with Gasteiger partial charge in [0.2, 0.25) is 0 Å². The highest BCUT2D eigenvalue weighted by molar-refractivity contribution is 5.53. The number of aldehydes is 1. The van der Waals surface area contributed by atoms with Crippen molar-refractivity contribution in [2.75, 3.05) is 7.11 Å². The summed E-state index contributed by atoms with van der Waals surface area (Å²) in [7, 11) is 1.54. The molecule has 0 aliphatic heterocycles. The number of hydrogen-bond donors (Lipinski definition) is 0. The summed E-state index contributed by atoms with van der Waals surface area (Å²) in [6.45, 7) is 5.99. The molecule has 1 rings (SSSR count). The average molecular weight is 238 g/mol. The molecule has 0 spiro atoms. The normalized spacial score (nSPS) is 12.6. The summed E-state index contributed by atoms with van der Waals surface area (Å²) in [5, 5.41) is 0. The largest absolute Gasteiger partial charge is 0.496 e. The predicted molar refractivity (Wildman–Crippen MR) is 66.1 cm³/mol. The lowest BCUT2D eigenvalue weighted by Gasteiger charge is -2.20. The van der Waals surface area contributed by atoms with Crippen LogP contribution in [0.1, 0.15) is 50.2 Å². The van der Waals surface area contributed by atoms with Crippen LogP contribution in [0.3, 0.4) is 0 Å². The molecule has 0 amide bonds. The maximum absolute atomic E-state index is 13.5. The summed E-state index contributed by atoms with van der Waals surface area (Å²) < 4.78 is 18.7. The zero-order valence-corrected chi connectivity index (χ0v) is 10.8. The van der Waals surface area contributed by atoms with Crippen molar-refractivity contribution < 1.29 is 13.9 Å². The number of hydrogen-bond acceptors (Lipinski definition) is 2. The van der Waals surface area contributed by atoms with E-state index in [-0.39, 0.29) is 17.7 Å². The predicted octanol–water partition coefficient (Wildman–Crippen LogP) is 3.65. The number of ether oxygens (including phenoxy) is 1. The van der Waals surface area contributed by atoms with E-state index in [4.69, 9.17) is 4.74 Å². The Bertz CT molecular complexity index is 399. The summed E-state index contributed by atoms with van der Waals surface area (Å²) in [5.41, 5.74) is 1.85. The molecule has 0 saturated carbocycles. The van der Waals surface area contributed by atoms with Gasteiger partial charge in [0.15, 0.2) is 0 Å². The molecule has 1 atom stereocenters. The van der Waals surface area contributed by atoms with Gasteiger partial charge in [0.25, 0.3) is 0 Å². The number of methoxy groups -OCH3 is 1. The van der Waals surface area contributed by atoms with Gasteiger partial charge in [-0.25, -0.2) is 4.39 Å². The van der Waals surface area contributed by atoms with Crippen LogP contribution in [0.25, 0.3) is 0 Å². The zero-order chi connectivity index (χ0) is 13.0. The summed E-state index contributed by atoms with van der Waals surface area (Å²) in [6.07, 6.45) is 1.26. The van der Waals surface area contributed by atoms with Crippen molar-refractivity contribution >= 4 is 6.29 Å². The number of benzene rings is 1. The van der Waals surface area contributed by atoms with Gasteiger partial charge in [-0.15, -0.1) is 0 Å². The van der Waals surface area contributed by atoms with Gasteiger partial charge in [-0.05, 0) is 23.5 Å². The van der Waals surface area contributed by atoms with Gasteiger partial charge in [-0.1, -0.05) is 20.8 Å². The third-order valence-corrected chi connectivity index (χ3v) is 2.92. The van der Waals surface area contributed by atoms with Crippen molar-refractivity contribution in [3.8, 4) is 5.75 Å². The Kier molecular flexibility index (Phi) is 4.67. The fourth-order valence-electron chi connectivity index (χ4n) is 2.08. The van der Waals surface area contributed by atoms with Crippen LogP contribution < -0.4 is 4.74 Å². The SMILES string of the molecule is COc1cc(F)cc(C(C)CC=O)c1C(C)C. The Morgan fingerprint density at radius 3 is 2.47 bits per heavy atom. The van der Waals surface area contributed by atoms with Gasteiger partial charge < -0.3 is 9.53 Å². The van der Waals surface area contributed by atoms with Gasteiger partial charge in [-0.2, -0.15) is 0 Å². The fraction of sp³-hybridized carbons (Fsp3) is 0.500. The molecule has 0 N–H and O–H groups in total. The topological polar surface area (TPSA) is 26.3 Å². The minimum Gasteiger partial charge on any atom is -0.496 e.